The van der Waals surface area contributed by atoms with E-state index in [0.29, 0.717) is 5.56 Å². The first kappa shape index (κ1) is 20.7. The highest BCUT2D eigenvalue weighted by Crippen LogP contribution is 2.37. The predicted octanol–water partition coefficient (Wildman–Crippen LogP) is 3.57. The zero-order valence-corrected chi connectivity index (χ0v) is 17.4. The molecule has 0 atom stereocenters. The lowest BCUT2D eigenvalue weighted by molar-refractivity contribution is 0.0947. The quantitative estimate of drug-likeness (QED) is 0.675. The van der Waals surface area contributed by atoms with E-state index in [2.05, 4.69) is 5.32 Å². The summed E-state index contributed by atoms with van der Waals surface area (Å²) in [6, 6.07) is 16.0. The predicted molar refractivity (Wildman–Crippen MR) is 113 cm³/mol. The molecule has 3 aromatic carbocycles. The van der Waals surface area contributed by atoms with Crippen LogP contribution in [-0.2, 0) is 16.4 Å². The Morgan fingerprint density at radius 3 is 2.42 bits per heavy atom. The Hall–Kier alpha value is -3.52. The van der Waals surface area contributed by atoms with Crippen LogP contribution in [0.2, 0.25) is 0 Å². The maximum atomic E-state index is 13.2. The fraction of sp³-hybridized carbons (Fsp3) is 0.130. The third kappa shape index (κ3) is 3.70. The first-order valence-electron chi connectivity index (χ1n) is 9.65. The number of anilines is 1. The molecule has 1 heterocycles. The van der Waals surface area contributed by atoms with Crippen LogP contribution in [0.4, 0.5) is 10.1 Å². The fourth-order valence-corrected chi connectivity index (χ4v) is 5.18. The van der Waals surface area contributed by atoms with Crippen LogP contribution in [0.3, 0.4) is 0 Å². The Labute approximate surface area is 179 Å². The molecule has 1 N–H and O–H groups in total. The third-order valence-corrected chi connectivity index (χ3v) is 7.00. The van der Waals surface area contributed by atoms with Gasteiger partial charge in [0.25, 0.3) is 11.8 Å². The Morgan fingerprint density at radius 1 is 1.00 bits per heavy atom. The molecule has 158 valence electrons. The van der Waals surface area contributed by atoms with Crippen molar-refractivity contribution in [1.29, 1.82) is 0 Å². The topological polar surface area (TPSA) is 83.6 Å². The second-order valence-corrected chi connectivity index (χ2v) is 8.93. The van der Waals surface area contributed by atoms with Gasteiger partial charge in [-0.1, -0.05) is 24.3 Å². The number of halogens is 1. The van der Waals surface area contributed by atoms with E-state index >= 15 is 0 Å². The first-order valence-corrected chi connectivity index (χ1v) is 11.1. The average molecular weight is 438 g/mol. The Morgan fingerprint density at radius 2 is 1.71 bits per heavy atom. The summed E-state index contributed by atoms with van der Waals surface area (Å²) >= 11 is 0. The second kappa shape index (κ2) is 7.96. The first-order chi connectivity index (χ1) is 14.8. The molecule has 0 saturated heterocycles. The third-order valence-electron chi connectivity index (χ3n) is 5.14. The van der Waals surface area contributed by atoms with Crippen molar-refractivity contribution in [3.8, 4) is 0 Å². The van der Waals surface area contributed by atoms with Crippen molar-refractivity contribution in [2.24, 2.45) is 0 Å². The molecule has 31 heavy (non-hydrogen) atoms. The summed E-state index contributed by atoms with van der Waals surface area (Å²) in [7, 11) is -3.95. The van der Waals surface area contributed by atoms with E-state index in [0.717, 1.165) is 0 Å². The summed E-state index contributed by atoms with van der Waals surface area (Å²) in [6.45, 7) is 2.15. The normalized spacial score (nSPS) is 14.4. The molecular formula is C23H19FN2O4S. The van der Waals surface area contributed by atoms with Crippen LogP contribution in [-0.4, -0.2) is 26.8 Å². The second-order valence-electron chi connectivity index (χ2n) is 7.04. The van der Waals surface area contributed by atoms with Crippen LogP contribution >= 0.6 is 0 Å². The van der Waals surface area contributed by atoms with Crippen molar-refractivity contribution in [1.82, 2.24) is 5.32 Å². The number of sulfone groups is 1. The zero-order valence-electron chi connectivity index (χ0n) is 16.6. The van der Waals surface area contributed by atoms with Crippen molar-refractivity contribution >= 4 is 27.3 Å². The number of carbonyl (C=O) groups is 2. The number of benzene rings is 3. The molecule has 0 radical (unpaired) electrons. The molecule has 0 aliphatic carbocycles. The van der Waals surface area contributed by atoms with Crippen LogP contribution in [0.1, 0.15) is 33.2 Å². The van der Waals surface area contributed by atoms with Gasteiger partial charge in [-0.3, -0.25) is 9.59 Å². The van der Waals surface area contributed by atoms with Gasteiger partial charge >= 0.3 is 0 Å². The van der Waals surface area contributed by atoms with Crippen LogP contribution in [0, 0.1) is 5.82 Å². The molecule has 6 nitrogen and oxygen atoms in total. The number of nitrogens with zero attached hydrogens (tertiary/aromatic N) is 1. The molecule has 8 heteroatoms. The summed E-state index contributed by atoms with van der Waals surface area (Å²) in [6.07, 6.45) is 0. The van der Waals surface area contributed by atoms with Crippen LogP contribution in [0.15, 0.2) is 76.5 Å². The Balaban J connectivity index is 1.71. The lowest BCUT2D eigenvalue weighted by Gasteiger charge is -2.21. The minimum atomic E-state index is -3.95. The molecule has 2 amide bonds. The fourth-order valence-electron chi connectivity index (χ4n) is 3.55. The molecule has 0 saturated carbocycles. The van der Waals surface area contributed by atoms with E-state index < -0.39 is 21.7 Å². The van der Waals surface area contributed by atoms with E-state index in [1.54, 1.807) is 31.2 Å². The molecule has 3 aromatic rings. The molecule has 0 spiro atoms. The van der Waals surface area contributed by atoms with E-state index in [9.17, 15) is 22.4 Å². The highest BCUT2D eigenvalue weighted by atomic mass is 32.2. The molecule has 0 fully saturated rings. The number of rotatable bonds is 4. The Bertz CT molecular complexity index is 1290. The molecule has 0 unspecified atom stereocenters. The number of carbonyl (C=O) groups excluding carboxylic acids is 2. The van der Waals surface area contributed by atoms with Crippen molar-refractivity contribution in [2.45, 2.75) is 23.3 Å². The van der Waals surface area contributed by atoms with Gasteiger partial charge in [0.2, 0.25) is 9.84 Å². The molecule has 1 aliphatic rings. The average Bonchev–Trinajstić information content (AvgIpc) is 2.85. The van der Waals surface area contributed by atoms with Crippen molar-refractivity contribution < 1.29 is 22.4 Å². The minimum absolute atomic E-state index is 0.0252. The zero-order chi connectivity index (χ0) is 22.2. The summed E-state index contributed by atoms with van der Waals surface area (Å²) in [5.74, 6) is -1.24. The summed E-state index contributed by atoms with van der Waals surface area (Å²) in [4.78, 5) is 27.0. The van der Waals surface area contributed by atoms with E-state index in [1.807, 2.05) is 0 Å². The van der Waals surface area contributed by atoms with Crippen LogP contribution in [0.25, 0.3) is 0 Å². The number of fused-ring (bicyclic) bond motifs is 2. The van der Waals surface area contributed by atoms with Gasteiger partial charge in [0.15, 0.2) is 0 Å². The number of hydrogen-bond acceptors (Lipinski definition) is 4. The van der Waals surface area contributed by atoms with E-state index in [1.165, 1.54) is 47.4 Å². The summed E-state index contributed by atoms with van der Waals surface area (Å²) < 4.78 is 39.5. The largest absolute Gasteiger partial charge is 0.348 e. The van der Waals surface area contributed by atoms with Gasteiger partial charge in [0, 0.05) is 18.7 Å². The van der Waals surface area contributed by atoms with Gasteiger partial charge in [0.1, 0.15) is 5.82 Å². The Kier molecular flexibility index (Phi) is 5.32. The van der Waals surface area contributed by atoms with E-state index in [-0.39, 0.29) is 45.5 Å². The number of nitrogens with one attached hydrogen (secondary N) is 1. The van der Waals surface area contributed by atoms with Crippen molar-refractivity contribution in [2.75, 3.05) is 11.4 Å². The van der Waals surface area contributed by atoms with Crippen LogP contribution < -0.4 is 10.2 Å². The lowest BCUT2D eigenvalue weighted by atomic mass is 10.1. The molecule has 0 aromatic heterocycles. The number of amides is 2. The molecule has 4 rings (SSSR count). The van der Waals surface area contributed by atoms with Gasteiger partial charge < -0.3 is 10.2 Å². The lowest BCUT2D eigenvalue weighted by Crippen LogP contribution is -2.31. The van der Waals surface area contributed by atoms with Gasteiger partial charge in [0.05, 0.1) is 21.0 Å². The maximum absolute atomic E-state index is 13.2. The molecule has 0 bridgehead atoms. The molecule has 1 aliphatic heterocycles. The van der Waals surface area contributed by atoms with Gasteiger partial charge in [-0.05, 0) is 55.0 Å². The monoisotopic (exact) mass is 438 g/mol. The van der Waals surface area contributed by atoms with Crippen molar-refractivity contribution in [3.05, 3.63) is 89.2 Å². The SMILES string of the molecule is CCN1C(=O)c2ccccc2S(=O)(=O)c2ccc(C(=O)NCc3ccc(F)cc3)cc21. The summed E-state index contributed by atoms with van der Waals surface area (Å²) in [5.41, 5.74) is 1.20. The molecular weight excluding hydrogens is 419 g/mol. The van der Waals surface area contributed by atoms with Crippen molar-refractivity contribution in [3.63, 3.8) is 0 Å². The maximum Gasteiger partial charge on any atom is 0.259 e. The van der Waals surface area contributed by atoms with Gasteiger partial charge in [-0.15, -0.1) is 0 Å². The van der Waals surface area contributed by atoms with Crippen LogP contribution in [0.5, 0.6) is 0 Å². The minimum Gasteiger partial charge on any atom is -0.348 e. The smallest absolute Gasteiger partial charge is 0.259 e. The standard InChI is InChI=1S/C23H19FN2O4S/c1-2-26-19-13-16(22(27)25-14-15-7-10-17(24)11-8-15)9-12-21(19)31(29,30)20-6-4-3-5-18(20)23(26)28/h3-13H,2,14H2,1H3,(H,25,27). The number of hydrogen-bond donors (Lipinski definition) is 1. The van der Waals surface area contributed by atoms with Gasteiger partial charge in [-0.2, -0.15) is 0 Å². The highest BCUT2D eigenvalue weighted by Gasteiger charge is 2.35. The van der Waals surface area contributed by atoms with Gasteiger partial charge in [-0.25, -0.2) is 12.8 Å². The van der Waals surface area contributed by atoms with E-state index in [4.69, 9.17) is 0 Å². The highest BCUT2D eigenvalue weighted by molar-refractivity contribution is 7.91. The summed E-state index contributed by atoms with van der Waals surface area (Å²) in [5, 5.41) is 2.72.